The summed E-state index contributed by atoms with van der Waals surface area (Å²) in [5, 5.41) is 0. The molecule has 3 aromatic rings. The Labute approximate surface area is 195 Å². The van der Waals surface area contributed by atoms with Crippen LogP contribution in [0.2, 0.25) is 0 Å². The molecule has 1 aliphatic rings. The first-order valence-corrected chi connectivity index (χ1v) is 12.5. The van der Waals surface area contributed by atoms with E-state index in [4.69, 9.17) is 4.74 Å². The number of carbonyl (C=O) groups is 1. The number of rotatable bonds is 6. The molecular weight excluding hydrogens is 436 g/mol. The van der Waals surface area contributed by atoms with Gasteiger partial charge in [0.2, 0.25) is 0 Å². The zero-order valence-electron chi connectivity index (χ0n) is 19.1. The Hall–Kier alpha value is -3.32. The Kier molecular flexibility index (Phi) is 6.42. The minimum absolute atomic E-state index is 0.0903. The summed E-state index contributed by atoms with van der Waals surface area (Å²) < 4.78 is 33.8. The molecule has 1 heterocycles. The highest BCUT2D eigenvalue weighted by Crippen LogP contribution is 2.39. The molecule has 6 nitrogen and oxygen atoms in total. The van der Waals surface area contributed by atoms with Gasteiger partial charge in [-0.3, -0.25) is 9.10 Å². The number of hydrogen-bond donors (Lipinski definition) is 0. The van der Waals surface area contributed by atoms with E-state index < -0.39 is 10.0 Å². The van der Waals surface area contributed by atoms with Crippen LogP contribution >= 0.6 is 0 Å². The summed E-state index contributed by atoms with van der Waals surface area (Å²) >= 11 is 0. The number of nitrogens with zero attached hydrogens (tertiary/aromatic N) is 2. The topological polar surface area (TPSA) is 66.9 Å². The third-order valence-corrected chi connectivity index (χ3v) is 7.92. The predicted octanol–water partition coefficient (Wildman–Crippen LogP) is 4.81. The molecule has 172 valence electrons. The van der Waals surface area contributed by atoms with Crippen molar-refractivity contribution in [3.05, 3.63) is 83.4 Å². The zero-order valence-corrected chi connectivity index (χ0v) is 19.9. The molecule has 0 fully saturated rings. The third-order valence-electron chi connectivity index (χ3n) is 6.02. The van der Waals surface area contributed by atoms with E-state index in [1.165, 1.54) is 16.4 Å². The van der Waals surface area contributed by atoms with Gasteiger partial charge in [-0.1, -0.05) is 30.3 Å². The fourth-order valence-electron chi connectivity index (χ4n) is 4.38. The molecule has 0 N–H and O–H groups in total. The lowest BCUT2D eigenvalue weighted by molar-refractivity contribution is 0.0984. The molecule has 0 unspecified atom stereocenters. The van der Waals surface area contributed by atoms with Crippen molar-refractivity contribution < 1.29 is 17.9 Å². The molecular formula is C26H28N2O4S. The Morgan fingerprint density at radius 2 is 1.82 bits per heavy atom. The van der Waals surface area contributed by atoms with Crippen molar-refractivity contribution in [2.24, 2.45) is 0 Å². The van der Waals surface area contributed by atoms with Crippen LogP contribution in [0.5, 0.6) is 5.75 Å². The van der Waals surface area contributed by atoms with Crippen molar-refractivity contribution in [3.63, 3.8) is 0 Å². The maximum atomic E-state index is 13.6. The standard InChI is InChI=1S/C26H28N2O4S/c1-4-28(21-11-6-5-7-12-21)33(30,31)22-13-8-10-20(18-22)26(29)27-17-9-14-23-19(2)15-16-24(32-3)25(23)27/h5-8,10-13,15-16,18H,4,9,14,17H2,1-3H3. The summed E-state index contributed by atoms with van der Waals surface area (Å²) in [5.41, 5.74) is 3.90. The number of hydrogen-bond acceptors (Lipinski definition) is 4. The fourth-order valence-corrected chi connectivity index (χ4v) is 5.90. The van der Waals surface area contributed by atoms with E-state index in [9.17, 15) is 13.2 Å². The molecule has 0 radical (unpaired) electrons. The van der Waals surface area contributed by atoms with E-state index >= 15 is 0 Å². The number of carbonyl (C=O) groups excluding carboxylic acids is 1. The van der Waals surface area contributed by atoms with Crippen molar-refractivity contribution in [1.82, 2.24) is 0 Å². The largest absolute Gasteiger partial charge is 0.495 e. The summed E-state index contributed by atoms with van der Waals surface area (Å²) in [4.78, 5) is 15.4. The number of fused-ring (bicyclic) bond motifs is 1. The summed E-state index contributed by atoms with van der Waals surface area (Å²) in [6.45, 7) is 4.65. The SMILES string of the molecule is CCN(c1ccccc1)S(=O)(=O)c1cccc(C(=O)N2CCCc3c(C)ccc(OC)c32)c1. The lowest BCUT2D eigenvalue weighted by atomic mass is 9.95. The van der Waals surface area contributed by atoms with E-state index in [-0.39, 0.29) is 17.3 Å². The second-order valence-corrected chi connectivity index (χ2v) is 9.87. The lowest BCUT2D eigenvalue weighted by Crippen LogP contribution is -2.36. The summed E-state index contributed by atoms with van der Waals surface area (Å²) in [5.74, 6) is 0.410. The molecule has 0 atom stereocenters. The van der Waals surface area contributed by atoms with Gasteiger partial charge in [0.25, 0.3) is 15.9 Å². The van der Waals surface area contributed by atoms with Gasteiger partial charge in [0.15, 0.2) is 0 Å². The van der Waals surface area contributed by atoms with Crippen LogP contribution in [0.15, 0.2) is 71.6 Å². The van der Waals surface area contributed by atoms with Crippen LogP contribution in [0.25, 0.3) is 0 Å². The molecule has 0 aromatic heterocycles. The lowest BCUT2D eigenvalue weighted by Gasteiger charge is -2.32. The van der Waals surface area contributed by atoms with E-state index in [0.717, 1.165) is 29.7 Å². The molecule has 7 heteroatoms. The molecule has 0 aliphatic carbocycles. The van der Waals surface area contributed by atoms with Crippen LogP contribution in [0, 0.1) is 6.92 Å². The van der Waals surface area contributed by atoms with Crippen molar-refractivity contribution >= 4 is 27.3 Å². The van der Waals surface area contributed by atoms with Gasteiger partial charge in [0.1, 0.15) is 5.75 Å². The highest BCUT2D eigenvalue weighted by Gasteiger charge is 2.30. The average molecular weight is 465 g/mol. The number of aryl methyl sites for hydroxylation is 1. The van der Waals surface area contributed by atoms with Crippen molar-refractivity contribution in [1.29, 1.82) is 0 Å². The van der Waals surface area contributed by atoms with Crippen LogP contribution < -0.4 is 13.9 Å². The second kappa shape index (κ2) is 9.27. The Morgan fingerprint density at radius 3 is 2.52 bits per heavy atom. The molecule has 0 saturated carbocycles. The monoisotopic (exact) mass is 464 g/mol. The summed E-state index contributed by atoms with van der Waals surface area (Å²) in [6.07, 6.45) is 1.71. The number of ether oxygens (including phenoxy) is 1. The molecule has 0 spiro atoms. The summed E-state index contributed by atoms with van der Waals surface area (Å²) in [7, 11) is -2.24. The quantitative estimate of drug-likeness (QED) is 0.525. The van der Waals surface area contributed by atoms with Gasteiger partial charge in [0, 0.05) is 18.7 Å². The van der Waals surface area contributed by atoms with Crippen molar-refractivity contribution in [3.8, 4) is 5.75 Å². The summed E-state index contributed by atoms with van der Waals surface area (Å²) in [6, 6.07) is 19.1. The maximum absolute atomic E-state index is 13.6. The van der Waals surface area contributed by atoms with Gasteiger partial charge < -0.3 is 9.64 Å². The first-order chi connectivity index (χ1) is 15.9. The van der Waals surface area contributed by atoms with Gasteiger partial charge >= 0.3 is 0 Å². The van der Waals surface area contributed by atoms with Crippen LogP contribution in [0.4, 0.5) is 11.4 Å². The van der Waals surface area contributed by atoms with Gasteiger partial charge in [-0.15, -0.1) is 0 Å². The molecule has 1 amide bonds. The van der Waals surface area contributed by atoms with Crippen molar-refractivity contribution in [2.75, 3.05) is 29.4 Å². The molecule has 0 saturated heterocycles. The van der Waals surface area contributed by atoms with Crippen LogP contribution in [-0.4, -0.2) is 34.5 Å². The number of benzene rings is 3. The van der Waals surface area contributed by atoms with Crippen LogP contribution in [0.1, 0.15) is 34.8 Å². The first kappa shape index (κ1) is 22.9. The average Bonchev–Trinajstić information content (AvgIpc) is 2.85. The van der Waals surface area contributed by atoms with Gasteiger partial charge in [-0.25, -0.2) is 8.42 Å². The van der Waals surface area contributed by atoms with E-state index in [1.807, 2.05) is 25.1 Å². The number of methoxy groups -OCH3 is 1. The highest BCUT2D eigenvalue weighted by molar-refractivity contribution is 7.92. The van der Waals surface area contributed by atoms with E-state index in [2.05, 4.69) is 0 Å². The number of anilines is 2. The molecule has 4 rings (SSSR count). The van der Waals surface area contributed by atoms with Crippen LogP contribution in [-0.2, 0) is 16.4 Å². The Morgan fingerprint density at radius 1 is 1.06 bits per heavy atom. The minimum atomic E-state index is -3.83. The molecule has 0 bridgehead atoms. The smallest absolute Gasteiger partial charge is 0.264 e. The number of para-hydroxylation sites is 1. The fraction of sp³-hybridized carbons (Fsp3) is 0.269. The second-order valence-electron chi connectivity index (χ2n) is 8.01. The van der Waals surface area contributed by atoms with Crippen molar-refractivity contribution in [2.45, 2.75) is 31.6 Å². The van der Waals surface area contributed by atoms with E-state index in [0.29, 0.717) is 23.5 Å². The molecule has 3 aromatic carbocycles. The number of sulfonamides is 1. The van der Waals surface area contributed by atoms with Gasteiger partial charge in [-0.05, 0) is 74.2 Å². The van der Waals surface area contributed by atoms with Gasteiger partial charge in [0.05, 0.1) is 23.4 Å². The minimum Gasteiger partial charge on any atom is -0.495 e. The zero-order chi connectivity index (χ0) is 23.6. The third kappa shape index (κ3) is 4.20. The highest BCUT2D eigenvalue weighted by atomic mass is 32.2. The van der Waals surface area contributed by atoms with E-state index in [1.54, 1.807) is 55.3 Å². The van der Waals surface area contributed by atoms with Crippen LogP contribution in [0.3, 0.4) is 0 Å². The Balaban J connectivity index is 1.73. The normalized spacial score (nSPS) is 13.4. The molecule has 1 aliphatic heterocycles. The predicted molar refractivity (Wildman–Crippen MR) is 131 cm³/mol. The number of amides is 1. The maximum Gasteiger partial charge on any atom is 0.264 e. The Bertz CT molecular complexity index is 1270. The van der Waals surface area contributed by atoms with Gasteiger partial charge in [-0.2, -0.15) is 0 Å². The first-order valence-electron chi connectivity index (χ1n) is 11.0. The molecule has 33 heavy (non-hydrogen) atoms.